The van der Waals surface area contributed by atoms with Gasteiger partial charge in [-0.3, -0.25) is 4.79 Å². The third kappa shape index (κ3) is 4.46. The Labute approximate surface area is 126 Å². The van der Waals surface area contributed by atoms with E-state index in [1.807, 2.05) is 0 Å². The predicted molar refractivity (Wildman–Crippen MR) is 74.9 cm³/mol. The monoisotopic (exact) mass is 335 g/mol. The maximum Gasteiger partial charge on any atom is 0.416 e. The topological polar surface area (TPSA) is 63.2 Å². The van der Waals surface area contributed by atoms with E-state index in [0.29, 0.717) is 18.4 Å². The van der Waals surface area contributed by atoms with E-state index in [9.17, 15) is 26.4 Å². The van der Waals surface area contributed by atoms with Gasteiger partial charge in [0.25, 0.3) is 0 Å². The number of amides is 1. The predicted octanol–water partition coefficient (Wildman–Crippen LogP) is 1.80. The van der Waals surface area contributed by atoms with Crippen molar-refractivity contribution >= 4 is 15.7 Å². The first-order valence-electron chi connectivity index (χ1n) is 6.82. The van der Waals surface area contributed by atoms with Crippen LogP contribution in [0, 0.1) is 5.92 Å². The summed E-state index contributed by atoms with van der Waals surface area (Å²) in [6.07, 6.45) is -3.64. The zero-order valence-corrected chi connectivity index (χ0v) is 12.5. The van der Waals surface area contributed by atoms with Crippen LogP contribution < -0.4 is 5.32 Å². The first kappa shape index (κ1) is 16.8. The molecule has 4 nitrogen and oxygen atoms in total. The van der Waals surface area contributed by atoms with Crippen LogP contribution in [0.1, 0.15) is 17.5 Å². The van der Waals surface area contributed by atoms with Crippen LogP contribution in [0.5, 0.6) is 0 Å². The van der Waals surface area contributed by atoms with E-state index < -0.39 is 27.5 Å². The Morgan fingerprint density at radius 2 is 1.86 bits per heavy atom. The summed E-state index contributed by atoms with van der Waals surface area (Å²) in [5.41, 5.74) is -0.0382. The van der Waals surface area contributed by atoms with Crippen molar-refractivity contribution < 1.29 is 26.4 Å². The summed E-state index contributed by atoms with van der Waals surface area (Å²) in [4.78, 5) is 11.8. The lowest BCUT2D eigenvalue weighted by atomic mass is 10.1. The van der Waals surface area contributed by atoms with E-state index in [-0.39, 0.29) is 24.0 Å². The first-order valence-corrected chi connectivity index (χ1v) is 8.64. The molecule has 0 unspecified atom stereocenters. The second-order valence-electron chi connectivity index (χ2n) is 5.34. The number of hydrogen-bond acceptors (Lipinski definition) is 3. The van der Waals surface area contributed by atoms with E-state index >= 15 is 0 Å². The van der Waals surface area contributed by atoms with Crippen LogP contribution in [0.25, 0.3) is 0 Å². The molecule has 1 aromatic rings. The molecule has 1 atom stereocenters. The SMILES string of the molecule is O=C(NCCc1ccc(C(F)(F)F)cc1)[C@H]1CCS(=O)(=O)C1. The smallest absolute Gasteiger partial charge is 0.356 e. The number of nitrogens with one attached hydrogen (secondary N) is 1. The molecule has 0 spiro atoms. The van der Waals surface area contributed by atoms with Gasteiger partial charge < -0.3 is 5.32 Å². The second kappa shape index (κ2) is 6.28. The number of benzene rings is 1. The van der Waals surface area contributed by atoms with Crippen LogP contribution in [0.15, 0.2) is 24.3 Å². The molecule has 0 radical (unpaired) electrons. The molecule has 1 N–H and O–H groups in total. The highest BCUT2D eigenvalue weighted by Gasteiger charge is 2.32. The fourth-order valence-electron chi connectivity index (χ4n) is 2.34. The van der Waals surface area contributed by atoms with Crippen molar-refractivity contribution in [2.75, 3.05) is 18.1 Å². The summed E-state index contributed by atoms with van der Waals surface area (Å²) in [7, 11) is -3.10. The molecule has 1 aliphatic heterocycles. The highest BCUT2D eigenvalue weighted by Crippen LogP contribution is 2.29. The summed E-state index contributed by atoms with van der Waals surface area (Å²) in [5.74, 6) is -0.922. The molecule has 1 aliphatic rings. The van der Waals surface area contributed by atoms with Crippen molar-refractivity contribution in [2.24, 2.45) is 5.92 Å². The van der Waals surface area contributed by atoms with E-state index in [1.54, 1.807) is 0 Å². The minimum absolute atomic E-state index is 0.0317. The van der Waals surface area contributed by atoms with Gasteiger partial charge in [0.15, 0.2) is 9.84 Å². The van der Waals surface area contributed by atoms with Gasteiger partial charge in [0, 0.05) is 6.54 Å². The normalized spacial score (nSPS) is 20.8. The number of hydrogen-bond donors (Lipinski definition) is 1. The fraction of sp³-hybridized carbons (Fsp3) is 0.500. The van der Waals surface area contributed by atoms with Gasteiger partial charge in [-0.1, -0.05) is 12.1 Å². The molecule has 2 rings (SSSR count). The molecule has 0 aliphatic carbocycles. The standard InChI is InChI=1S/C14H16F3NO3S/c15-14(16,17)12-3-1-10(2-4-12)5-7-18-13(19)11-6-8-22(20,21)9-11/h1-4,11H,5-9H2,(H,18,19)/t11-/m0/s1. The number of rotatable bonds is 4. The number of halogens is 3. The van der Waals surface area contributed by atoms with E-state index in [1.165, 1.54) is 12.1 Å². The zero-order valence-electron chi connectivity index (χ0n) is 11.7. The van der Waals surface area contributed by atoms with Gasteiger partial charge >= 0.3 is 6.18 Å². The van der Waals surface area contributed by atoms with E-state index in [4.69, 9.17) is 0 Å². The van der Waals surface area contributed by atoms with Crippen molar-refractivity contribution in [1.29, 1.82) is 0 Å². The minimum atomic E-state index is -4.36. The van der Waals surface area contributed by atoms with Gasteiger partial charge in [-0.15, -0.1) is 0 Å². The number of carbonyl (C=O) groups is 1. The first-order chi connectivity index (χ1) is 10.2. The molecule has 0 saturated carbocycles. The Bertz CT molecular complexity index is 638. The summed E-state index contributed by atoms with van der Waals surface area (Å²) >= 11 is 0. The third-order valence-corrected chi connectivity index (χ3v) is 5.37. The molecule has 122 valence electrons. The lowest BCUT2D eigenvalue weighted by Crippen LogP contribution is -2.32. The summed E-state index contributed by atoms with van der Waals surface area (Å²) < 4.78 is 59.8. The number of alkyl halides is 3. The van der Waals surface area contributed by atoms with Crippen LogP contribution in [0.2, 0.25) is 0 Å². The van der Waals surface area contributed by atoms with Crippen LogP contribution in [0.4, 0.5) is 13.2 Å². The molecule has 8 heteroatoms. The third-order valence-electron chi connectivity index (χ3n) is 3.60. The molecule has 1 heterocycles. The summed E-state index contributed by atoms with van der Waals surface area (Å²) in [5, 5.41) is 2.63. The second-order valence-corrected chi connectivity index (χ2v) is 7.56. The highest BCUT2D eigenvalue weighted by atomic mass is 32.2. The van der Waals surface area contributed by atoms with Crippen molar-refractivity contribution in [3.05, 3.63) is 35.4 Å². The fourth-order valence-corrected chi connectivity index (χ4v) is 4.08. The minimum Gasteiger partial charge on any atom is -0.356 e. The lowest BCUT2D eigenvalue weighted by molar-refractivity contribution is -0.137. The number of sulfone groups is 1. The maximum atomic E-state index is 12.4. The van der Waals surface area contributed by atoms with Crippen LogP contribution >= 0.6 is 0 Å². The molecule has 0 bridgehead atoms. The van der Waals surface area contributed by atoms with Gasteiger partial charge in [-0.2, -0.15) is 13.2 Å². The molecule has 1 aromatic carbocycles. The molecule has 1 fully saturated rings. The summed E-state index contributed by atoms with van der Waals surface area (Å²) in [6.45, 7) is 0.265. The van der Waals surface area contributed by atoms with Crippen LogP contribution in [-0.2, 0) is 27.2 Å². The summed E-state index contributed by atoms with van der Waals surface area (Å²) in [6, 6.07) is 4.74. The largest absolute Gasteiger partial charge is 0.416 e. The Morgan fingerprint density at radius 1 is 1.23 bits per heavy atom. The number of carbonyl (C=O) groups excluding carboxylic acids is 1. The Balaban J connectivity index is 1.80. The van der Waals surface area contributed by atoms with Gasteiger partial charge in [0.2, 0.25) is 5.91 Å². The van der Waals surface area contributed by atoms with Crippen molar-refractivity contribution in [3.63, 3.8) is 0 Å². The Hall–Kier alpha value is -1.57. The van der Waals surface area contributed by atoms with Gasteiger partial charge in [0.05, 0.1) is 23.0 Å². The average Bonchev–Trinajstić information content (AvgIpc) is 2.79. The van der Waals surface area contributed by atoms with Gasteiger partial charge in [-0.25, -0.2) is 8.42 Å². The Kier molecular flexibility index (Phi) is 4.79. The molecular formula is C14H16F3NO3S. The van der Waals surface area contributed by atoms with Crippen molar-refractivity contribution in [1.82, 2.24) is 5.32 Å². The van der Waals surface area contributed by atoms with Gasteiger partial charge in [-0.05, 0) is 30.5 Å². The maximum absolute atomic E-state index is 12.4. The highest BCUT2D eigenvalue weighted by molar-refractivity contribution is 7.91. The van der Waals surface area contributed by atoms with Crippen molar-refractivity contribution in [2.45, 2.75) is 19.0 Å². The lowest BCUT2D eigenvalue weighted by Gasteiger charge is -2.10. The van der Waals surface area contributed by atoms with E-state index in [2.05, 4.69) is 5.32 Å². The van der Waals surface area contributed by atoms with Crippen LogP contribution in [0.3, 0.4) is 0 Å². The van der Waals surface area contributed by atoms with Crippen LogP contribution in [-0.4, -0.2) is 32.4 Å². The molecule has 22 heavy (non-hydrogen) atoms. The average molecular weight is 335 g/mol. The molecule has 0 aromatic heterocycles. The molecule has 1 saturated heterocycles. The van der Waals surface area contributed by atoms with Crippen molar-refractivity contribution in [3.8, 4) is 0 Å². The van der Waals surface area contributed by atoms with E-state index in [0.717, 1.165) is 12.1 Å². The van der Waals surface area contributed by atoms with Gasteiger partial charge in [0.1, 0.15) is 0 Å². The molecular weight excluding hydrogens is 319 g/mol. The quantitative estimate of drug-likeness (QED) is 0.913. The zero-order chi connectivity index (χ0) is 16.4. The Morgan fingerprint density at radius 3 is 2.36 bits per heavy atom. The molecule has 1 amide bonds.